The lowest BCUT2D eigenvalue weighted by Gasteiger charge is -2.27. The number of unbranched alkanes of at least 4 members (excludes halogenated alkanes) is 3. The van der Waals surface area contributed by atoms with Crippen LogP contribution in [0.25, 0.3) is 0 Å². The van der Waals surface area contributed by atoms with Crippen molar-refractivity contribution in [3.05, 3.63) is 91.0 Å². The van der Waals surface area contributed by atoms with Crippen molar-refractivity contribution >= 4 is 41.8 Å². The molecule has 2 N–H and O–H groups in total. The van der Waals surface area contributed by atoms with E-state index in [2.05, 4.69) is 104 Å². The second-order valence-electron chi connectivity index (χ2n) is 7.91. The van der Waals surface area contributed by atoms with Gasteiger partial charge in [0.1, 0.15) is 29.2 Å². The molecule has 0 heterocycles. The second-order valence-corrected chi connectivity index (χ2v) is 11.9. The summed E-state index contributed by atoms with van der Waals surface area (Å²) in [7, 11) is -1.75. The number of hydrogen-bond acceptors (Lipinski definition) is 4. The lowest BCUT2D eigenvalue weighted by molar-refractivity contribution is -0.144. The fourth-order valence-corrected chi connectivity index (χ4v) is 8.60. The van der Waals surface area contributed by atoms with Gasteiger partial charge in [-0.3, -0.25) is 4.79 Å². The Morgan fingerprint density at radius 3 is 1.62 bits per heavy atom. The largest absolute Gasteiger partial charge is 0.465 e. The van der Waals surface area contributed by atoms with Crippen LogP contribution in [0.3, 0.4) is 0 Å². The SMILES string of the molecule is N[C@H](CS)C(=O)OCCCCCC[P+](c1ccccc1)(c1ccccc1)c1ccccc1. The van der Waals surface area contributed by atoms with Crippen molar-refractivity contribution in [2.45, 2.75) is 31.7 Å². The van der Waals surface area contributed by atoms with Crippen LogP contribution in [0.5, 0.6) is 0 Å². The van der Waals surface area contributed by atoms with Crippen LogP contribution >= 0.6 is 19.9 Å². The first-order valence-electron chi connectivity index (χ1n) is 11.3. The number of hydrogen-bond donors (Lipinski definition) is 2. The number of benzene rings is 3. The minimum Gasteiger partial charge on any atom is -0.465 e. The highest BCUT2D eigenvalue weighted by Gasteiger charge is 2.44. The molecule has 3 aromatic carbocycles. The molecule has 1 atom stereocenters. The molecular weight excluding hydrogens is 433 g/mol. The van der Waals surface area contributed by atoms with Gasteiger partial charge in [0, 0.05) is 5.75 Å². The van der Waals surface area contributed by atoms with Crippen LogP contribution in [0.2, 0.25) is 0 Å². The lowest BCUT2D eigenvalue weighted by atomic mass is 10.2. The molecular formula is C27H33NO2PS+. The Balaban J connectivity index is 1.72. The Kier molecular flexibility index (Phi) is 9.80. The number of ether oxygens (including phenoxy) is 1. The van der Waals surface area contributed by atoms with E-state index >= 15 is 0 Å². The molecule has 0 radical (unpaired) electrons. The molecule has 0 spiro atoms. The molecule has 0 aliphatic rings. The predicted octanol–water partition coefficient (Wildman–Crippen LogP) is 4.34. The van der Waals surface area contributed by atoms with Crippen LogP contribution in [0.4, 0.5) is 0 Å². The van der Waals surface area contributed by atoms with E-state index in [4.69, 9.17) is 10.5 Å². The van der Waals surface area contributed by atoms with Crippen molar-refractivity contribution < 1.29 is 9.53 Å². The van der Waals surface area contributed by atoms with Gasteiger partial charge in [0.05, 0.1) is 12.8 Å². The molecule has 0 aliphatic heterocycles. The molecule has 168 valence electrons. The number of rotatable bonds is 12. The minimum absolute atomic E-state index is 0.309. The van der Waals surface area contributed by atoms with Crippen LogP contribution in [0, 0.1) is 0 Å². The maximum Gasteiger partial charge on any atom is 0.323 e. The maximum atomic E-state index is 11.7. The summed E-state index contributed by atoms with van der Waals surface area (Å²) in [5.74, 6) is -0.0505. The standard InChI is InChI=1S/C27H32NO2PS/c28-26(22-32)27(29)30-20-12-1-2-13-21-31(23-14-6-3-7-15-23,24-16-8-4-9-17-24)25-18-10-5-11-19-25/h3-11,14-19,26H,1-2,12-13,20-22,28H2/p+1/t26-/m1/s1. The lowest BCUT2D eigenvalue weighted by Crippen LogP contribution is -2.34. The van der Waals surface area contributed by atoms with Gasteiger partial charge in [-0.1, -0.05) is 54.6 Å². The van der Waals surface area contributed by atoms with Gasteiger partial charge < -0.3 is 10.5 Å². The maximum absolute atomic E-state index is 11.7. The van der Waals surface area contributed by atoms with Crippen molar-refractivity contribution in [2.75, 3.05) is 18.5 Å². The van der Waals surface area contributed by atoms with Crippen molar-refractivity contribution in [3.8, 4) is 0 Å². The van der Waals surface area contributed by atoms with Crippen molar-refractivity contribution in [1.82, 2.24) is 0 Å². The summed E-state index contributed by atoms with van der Waals surface area (Å²) in [6.07, 6.45) is 5.23. The molecule has 0 fully saturated rings. The third kappa shape index (κ3) is 6.22. The number of thiol groups is 1. The van der Waals surface area contributed by atoms with Crippen LogP contribution in [-0.2, 0) is 9.53 Å². The molecule has 32 heavy (non-hydrogen) atoms. The van der Waals surface area contributed by atoms with E-state index in [9.17, 15) is 4.79 Å². The predicted molar refractivity (Wildman–Crippen MR) is 141 cm³/mol. The smallest absolute Gasteiger partial charge is 0.323 e. The highest BCUT2D eigenvalue weighted by atomic mass is 32.1. The highest BCUT2D eigenvalue weighted by Crippen LogP contribution is 2.55. The summed E-state index contributed by atoms with van der Waals surface area (Å²) in [5.41, 5.74) is 5.65. The van der Waals surface area contributed by atoms with Crippen molar-refractivity contribution in [2.24, 2.45) is 5.73 Å². The number of carbonyl (C=O) groups is 1. The fraction of sp³-hybridized carbons (Fsp3) is 0.296. The average Bonchev–Trinajstić information content (AvgIpc) is 2.87. The molecule has 3 nitrogen and oxygen atoms in total. The summed E-state index contributed by atoms with van der Waals surface area (Å²) in [5, 5.41) is 4.27. The van der Waals surface area contributed by atoms with Crippen molar-refractivity contribution in [1.29, 1.82) is 0 Å². The fourth-order valence-electron chi connectivity index (χ4n) is 4.04. The van der Waals surface area contributed by atoms with Gasteiger partial charge in [-0.2, -0.15) is 12.6 Å². The molecule has 3 aromatic rings. The van der Waals surface area contributed by atoms with Gasteiger partial charge >= 0.3 is 5.97 Å². The van der Waals surface area contributed by atoms with Crippen LogP contribution in [-0.4, -0.2) is 30.5 Å². The molecule has 0 bridgehead atoms. The molecule has 0 aromatic heterocycles. The Hall–Kier alpha value is -2.13. The summed E-state index contributed by atoms with van der Waals surface area (Å²) < 4.78 is 5.24. The summed E-state index contributed by atoms with van der Waals surface area (Å²) >= 11 is 4.04. The van der Waals surface area contributed by atoms with Gasteiger partial charge in [0.25, 0.3) is 0 Å². The van der Waals surface area contributed by atoms with Gasteiger partial charge in [-0.15, -0.1) is 0 Å². The molecule has 5 heteroatoms. The van der Waals surface area contributed by atoms with Gasteiger partial charge in [-0.25, -0.2) is 0 Å². The van der Waals surface area contributed by atoms with Crippen molar-refractivity contribution in [3.63, 3.8) is 0 Å². The Bertz CT molecular complexity index is 841. The van der Waals surface area contributed by atoms with Crippen LogP contribution in [0.1, 0.15) is 25.7 Å². The third-order valence-electron chi connectivity index (χ3n) is 5.72. The minimum atomic E-state index is -1.75. The Morgan fingerprint density at radius 1 is 0.750 bits per heavy atom. The number of carbonyl (C=O) groups excluding carboxylic acids is 1. The topological polar surface area (TPSA) is 52.3 Å². The number of nitrogens with two attached hydrogens (primary N) is 1. The van der Waals surface area contributed by atoms with Gasteiger partial charge in [0.2, 0.25) is 0 Å². The molecule has 0 unspecified atom stereocenters. The van der Waals surface area contributed by atoms with E-state index < -0.39 is 13.3 Å². The van der Waals surface area contributed by atoms with E-state index in [-0.39, 0.29) is 5.97 Å². The number of esters is 1. The van der Waals surface area contributed by atoms with E-state index in [0.29, 0.717) is 12.4 Å². The molecule has 0 aliphatic carbocycles. The molecule has 0 saturated heterocycles. The molecule has 0 amide bonds. The zero-order chi connectivity index (χ0) is 22.7. The van der Waals surface area contributed by atoms with Gasteiger partial charge in [0.15, 0.2) is 0 Å². The zero-order valence-corrected chi connectivity index (χ0v) is 20.3. The van der Waals surface area contributed by atoms with E-state index in [1.807, 2.05) is 0 Å². The van der Waals surface area contributed by atoms with E-state index in [0.717, 1.165) is 31.8 Å². The normalized spacial score (nSPS) is 12.3. The molecule has 0 saturated carbocycles. The van der Waals surface area contributed by atoms with E-state index in [1.165, 1.54) is 15.9 Å². The quantitative estimate of drug-likeness (QED) is 0.181. The summed E-state index contributed by atoms with van der Waals surface area (Å²) in [6, 6.07) is 32.3. The molecule has 3 rings (SSSR count). The first-order chi connectivity index (χ1) is 15.7. The Morgan fingerprint density at radius 2 is 1.19 bits per heavy atom. The zero-order valence-electron chi connectivity index (χ0n) is 18.5. The first kappa shape index (κ1) is 24.5. The first-order valence-corrected chi connectivity index (χ1v) is 13.9. The highest BCUT2D eigenvalue weighted by molar-refractivity contribution is 7.95. The monoisotopic (exact) mass is 466 g/mol. The van der Waals surface area contributed by atoms with E-state index in [1.54, 1.807) is 0 Å². The summed E-state index contributed by atoms with van der Waals surface area (Å²) in [6.45, 7) is 0.427. The second kappa shape index (κ2) is 12.8. The van der Waals surface area contributed by atoms with Gasteiger partial charge in [-0.05, 0) is 62.1 Å². The van der Waals surface area contributed by atoms with Crippen LogP contribution in [0.15, 0.2) is 91.0 Å². The Labute approximate surface area is 198 Å². The van der Waals surface area contributed by atoms with Crippen LogP contribution < -0.4 is 21.6 Å². The third-order valence-corrected chi connectivity index (χ3v) is 10.6. The average molecular weight is 467 g/mol. The summed E-state index contributed by atoms with van der Waals surface area (Å²) in [4.78, 5) is 11.7.